The van der Waals surface area contributed by atoms with Gasteiger partial charge in [0.2, 0.25) is 0 Å². The van der Waals surface area contributed by atoms with Gasteiger partial charge in [0.25, 0.3) is 0 Å². The molecule has 0 fully saturated rings. The van der Waals surface area contributed by atoms with E-state index in [1.54, 1.807) is 24.3 Å². The minimum absolute atomic E-state index is 0.101. The first kappa shape index (κ1) is 11.7. The van der Waals surface area contributed by atoms with Crippen LogP contribution in [-0.2, 0) is 15.9 Å². The molecule has 6 heteroatoms. The molecule has 0 aliphatic rings. The molecule has 0 amide bonds. The molecule has 78 valence electrons. The molecular formula is C9H10BNO4. The number of nitrogens with zero attached hydrogens (tertiary/aromatic N) is 1. The Bertz CT molecular complexity index is 317. The number of benzene rings is 1. The van der Waals surface area contributed by atoms with Crippen molar-refractivity contribution in [3.05, 3.63) is 35.9 Å². The first-order valence-electron chi connectivity index (χ1n) is 4.26. The predicted octanol–water partition coefficient (Wildman–Crippen LogP) is 0.305. The van der Waals surface area contributed by atoms with Crippen molar-refractivity contribution >= 4 is 14.0 Å². The zero-order valence-corrected chi connectivity index (χ0v) is 7.91. The van der Waals surface area contributed by atoms with Crippen LogP contribution in [0.3, 0.4) is 0 Å². The van der Waals surface area contributed by atoms with Gasteiger partial charge < -0.3 is 4.65 Å². The number of carbonyl (C=O) groups excluding carboxylic acids is 1. The smallest absolute Gasteiger partial charge is 0.378 e. The van der Waals surface area contributed by atoms with E-state index in [0.717, 1.165) is 5.56 Å². The Kier molecular flexibility index (Phi) is 4.29. The van der Waals surface area contributed by atoms with Crippen LogP contribution in [0.15, 0.2) is 30.3 Å². The van der Waals surface area contributed by atoms with Crippen LogP contribution in [0.25, 0.3) is 0 Å². The molecule has 0 aliphatic carbocycles. The van der Waals surface area contributed by atoms with Gasteiger partial charge >= 0.3 is 14.0 Å². The van der Waals surface area contributed by atoms with Crippen LogP contribution >= 0.6 is 0 Å². The first-order valence-corrected chi connectivity index (χ1v) is 4.26. The third kappa shape index (κ3) is 3.36. The molecule has 1 aromatic carbocycles. The SMILES string of the molecule is [B]OC(=O)[C@H](Cc1ccccc1)N(O)O. The summed E-state index contributed by atoms with van der Waals surface area (Å²) in [5, 5.41) is 17.4. The number of rotatable bonds is 4. The monoisotopic (exact) mass is 207 g/mol. The summed E-state index contributed by atoms with van der Waals surface area (Å²) >= 11 is 0. The molecule has 0 heterocycles. The Morgan fingerprint density at radius 3 is 2.47 bits per heavy atom. The second-order valence-corrected chi connectivity index (χ2v) is 2.96. The molecule has 2 radical (unpaired) electrons. The average molecular weight is 207 g/mol. The lowest BCUT2D eigenvalue weighted by atomic mass is 10.1. The van der Waals surface area contributed by atoms with Crippen LogP contribution in [0, 0.1) is 0 Å². The Labute approximate surface area is 88.2 Å². The van der Waals surface area contributed by atoms with E-state index in [1.807, 2.05) is 6.07 Å². The second-order valence-electron chi connectivity index (χ2n) is 2.96. The molecule has 0 aromatic heterocycles. The van der Waals surface area contributed by atoms with Crippen molar-refractivity contribution in [1.29, 1.82) is 0 Å². The zero-order chi connectivity index (χ0) is 11.3. The molecule has 0 saturated carbocycles. The third-order valence-electron chi connectivity index (χ3n) is 1.94. The molecule has 2 N–H and O–H groups in total. The van der Waals surface area contributed by atoms with E-state index < -0.39 is 12.0 Å². The summed E-state index contributed by atoms with van der Waals surface area (Å²) in [4.78, 5) is 11.0. The van der Waals surface area contributed by atoms with Crippen LogP contribution < -0.4 is 0 Å². The van der Waals surface area contributed by atoms with E-state index in [-0.39, 0.29) is 11.6 Å². The summed E-state index contributed by atoms with van der Waals surface area (Å²) in [6, 6.07) is 7.64. The van der Waals surface area contributed by atoms with Crippen LogP contribution in [0.5, 0.6) is 0 Å². The fourth-order valence-corrected chi connectivity index (χ4v) is 1.18. The lowest BCUT2D eigenvalue weighted by Gasteiger charge is -2.18. The van der Waals surface area contributed by atoms with Gasteiger partial charge in [0.15, 0.2) is 6.04 Å². The molecule has 0 saturated heterocycles. The summed E-state index contributed by atoms with van der Waals surface area (Å²) in [7, 11) is 4.67. The maximum absolute atomic E-state index is 11.0. The summed E-state index contributed by atoms with van der Waals surface area (Å²) in [5.74, 6) is -0.913. The molecule has 0 spiro atoms. The van der Waals surface area contributed by atoms with E-state index in [2.05, 4.69) is 12.7 Å². The number of hydroxylamine groups is 2. The van der Waals surface area contributed by atoms with Gasteiger partial charge in [-0.2, -0.15) is 0 Å². The highest BCUT2D eigenvalue weighted by Crippen LogP contribution is 2.07. The fourth-order valence-electron chi connectivity index (χ4n) is 1.18. The average Bonchev–Trinajstić information content (AvgIpc) is 2.26. The van der Waals surface area contributed by atoms with Crippen molar-refractivity contribution in [1.82, 2.24) is 5.23 Å². The number of hydrogen-bond donors (Lipinski definition) is 2. The Morgan fingerprint density at radius 2 is 2.00 bits per heavy atom. The van der Waals surface area contributed by atoms with Gasteiger partial charge in [-0.25, -0.2) is 0 Å². The predicted molar refractivity (Wildman–Crippen MR) is 51.2 cm³/mol. The summed E-state index contributed by atoms with van der Waals surface area (Å²) < 4.78 is 3.95. The normalized spacial score (nSPS) is 12.5. The van der Waals surface area contributed by atoms with E-state index in [9.17, 15) is 4.79 Å². The van der Waals surface area contributed by atoms with E-state index >= 15 is 0 Å². The van der Waals surface area contributed by atoms with Crippen molar-refractivity contribution in [3.8, 4) is 0 Å². The third-order valence-corrected chi connectivity index (χ3v) is 1.94. The Balaban J connectivity index is 2.72. The van der Waals surface area contributed by atoms with Crippen molar-refractivity contribution in [2.24, 2.45) is 0 Å². The van der Waals surface area contributed by atoms with Crippen LogP contribution in [0.2, 0.25) is 0 Å². The lowest BCUT2D eigenvalue weighted by molar-refractivity contribution is -0.326. The Hall–Kier alpha value is -1.37. The van der Waals surface area contributed by atoms with Crippen molar-refractivity contribution in [2.45, 2.75) is 12.5 Å². The Morgan fingerprint density at radius 1 is 1.40 bits per heavy atom. The highest BCUT2D eigenvalue weighted by atomic mass is 16.8. The quantitative estimate of drug-likeness (QED) is 0.549. The van der Waals surface area contributed by atoms with Gasteiger partial charge in [0, 0.05) is 6.42 Å². The molecule has 0 bridgehead atoms. The molecule has 5 nitrogen and oxygen atoms in total. The van der Waals surface area contributed by atoms with E-state index in [1.165, 1.54) is 0 Å². The van der Waals surface area contributed by atoms with Gasteiger partial charge in [0.05, 0.1) is 0 Å². The van der Waals surface area contributed by atoms with Crippen LogP contribution in [0.1, 0.15) is 5.56 Å². The molecule has 15 heavy (non-hydrogen) atoms. The summed E-state index contributed by atoms with van der Waals surface area (Å²) in [6.45, 7) is 0. The zero-order valence-electron chi connectivity index (χ0n) is 7.91. The van der Waals surface area contributed by atoms with Gasteiger partial charge in [-0.05, 0) is 5.56 Å². The molecule has 1 atom stereocenters. The molecule has 0 aliphatic heterocycles. The molecule has 1 aromatic rings. The fraction of sp³-hybridized carbons (Fsp3) is 0.222. The highest BCUT2D eigenvalue weighted by Gasteiger charge is 2.24. The maximum Gasteiger partial charge on any atom is 0.378 e. The van der Waals surface area contributed by atoms with E-state index in [4.69, 9.17) is 10.4 Å². The largest absolute Gasteiger partial charge is 0.542 e. The van der Waals surface area contributed by atoms with Crippen molar-refractivity contribution in [3.63, 3.8) is 0 Å². The second kappa shape index (κ2) is 5.50. The van der Waals surface area contributed by atoms with Crippen LogP contribution in [-0.4, -0.2) is 35.7 Å². The summed E-state index contributed by atoms with van der Waals surface area (Å²) in [6.07, 6.45) is 0.101. The highest BCUT2D eigenvalue weighted by molar-refractivity contribution is 6.06. The minimum Gasteiger partial charge on any atom is -0.542 e. The van der Waals surface area contributed by atoms with Gasteiger partial charge in [-0.1, -0.05) is 35.6 Å². The minimum atomic E-state index is -1.22. The standard InChI is InChI=1S/C9H10BNO4/c10-15-9(12)8(11(13)14)6-7-4-2-1-3-5-7/h1-5,8,13-14H,6H2/t8-/m0/s1. The summed E-state index contributed by atoms with van der Waals surface area (Å²) in [5.41, 5.74) is 0.765. The van der Waals surface area contributed by atoms with Crippen LogP contribution in [0.4, 0.5) is 0 Å². The van der Waals surface area contributed by atoms with Gasteiger partial charge in [-0.15, -0.1) is 0 Å². The topological polar surface area (TPSA) is 70.0 Å². The van der Waals surface area contributed by atoms with Crippen molar-refractivity contribution < 1.29 is 19.9 Å². The number of carbonyl (C=O) groups is 1. The number of hydrogen-bond acceptors (Lipinski definition) is 5. The van der Waals surface area contributed by atoms with Gasteiger partial charge in [0.1, 0.15) is 0 Å². The lowest BCUT2D eigenvalue weighted by Crippen LogP contribution is -2.39. The molecule has 1 rings (SSSR count). The van der Waals surface area contributed by atoms with Crippen molar-refractivity contribution in [2.75, 3.05) is 0 Å². The molecule has 0 unspecified atom stereocenters. The maximum atomic E-state index is 11.0. The van der Waals surface area contributed by atoms with E-state index in [0.29, 0.717) is 0 Å². The first-order chi connectivity index (χ1) is 7.15. The molecular weight excluding hydrogens is 197 g/mol. The van der Waals surface area contributed by atoms with Gasteiger partial charge in [-0.3, -0.25) is 15.2 Å².